The van der Waals surface area contributed by atoms with Crippen LogP contribution >= 0.6 is 11.5 Å². The number of benzene rings is 2. The summed E-state index contributed by atoms with van der Waals surface area (Å²) >= 11 is 9.49. The predicted molar refractivity (Wildman–Crippen MR) is 139 cm³/mol. The average molecular weight is 436 g/mol. The van der Waals surface area contributed by atoms with E-state index < -0.39 is 16.5 Å². The van der Waals surface area contributed by atoms with Crippen LogP contribution in [0.4, 0.5) is 0 Å². The maximum atomic E-state index is 7.27. The summed E-state index contributed by atoms with van der Waals surface area (Å²) in [5.74, 6) is 0.262. The van der Waals surface area contributed by atoms with Gasteiger partial charge in [-0.1, -0.05) is 87.8 Å². The number of hydrogen-bond donors (Lipinski definition) is 0. The van der Waals surface area contributed by atoms with E-state index in [1.807, 2.05) is 0 Å². The third-order valence-corrected chi connectivity index (χ3v) is 13.8. The monoisotopic (exact) mass is 435 g/mol. The molecule has 3 rings (SSSR count). The van der Waals surface area contributed by atoms with E-state index in [1.54, 1.807) is 0 Å². The fourth-order valence-electron chi connectivity index (χ4n) is 4.74. The second kappa shape index (κ2) is 10.4. The van der Waals surface area contributed by atoms with E-state index in [0.717, 1.165) is 0 Å². The molecule has 2 aromatic rings. The van der Waals surface area contributed by atoms with Crippen molar-refractivity contribution in [3.05, 3.63) is 59.7 Å². The minimum absolute atomic E-state index is 0.0214. The van der Waals surface area contributed by atoms with Crippen LogP contribution in [0.1, 0.15) is 36.7 Å². The van der Waals surface area contributed by atoms with Crippen LogP contribution in [-0.2, 0) is 0 Å². The van der Waals surface area contributed by atoms with E-state index in [2.05, 4.69) is 117 Å². The van der Waals surface area contributed by atoms with Crippen LogP contribution in [0.3, 0.4) is 0 Å². The molecule has 0 bridgehead atoms. The molecule has 0 heterocycles. The summed E-state index contributed by atoms with van der Waals surface area (Å²) in [6.07, 6.45) is 2.75. The summed E-state index contributed by atoms with van der Waals surface area (Å²) in [6, 6.07) is 17.6. The number of halogens is 1. The molecule has 0 N–H and O–H groups in total. The Morgan fingerprint density at radius 1 is 0.862 bits per heavy atom. The summed E-state index contributed by atoms with van der Waals surface area (Å²) in [6.45, 7) is 16.8. The Morgan fingerprint density at radius 3 is 1.59 bits per heavy atom. The summed E-state index contributed by atoms with van der Waals surface area (Å²) in [5, 5.41) is 1.34. The van der Waals surface area contributed by atoms with Crippen LogP contribution in [-0.4, -0.2) is 44.6 Å². The molecular weight excluding hydrogens is 400 g/mol. The van der Waals surface area contributed by atoms with Gasteiger partial charge in [-0.05, 0) is 22.3 Å². The van der Waals surface area contributed by atoms with Crippen molar-refractivity contribution in [3.8, 4) is 11.1 Å². The van der Waals surface area contributed by atoms with E-state index >= 15 is 0 Å². The fraction of sp³-hybridized carbons (Fsp3) is 0.478. The first-order chi connectivity index (χ1) is 13.5. The Balaban J connectivity index is 0.000000537. The van der Waals surface area contributed by atoms with Gasteiger partial charge in [0.25, 0.3) is 0 Å². The quantitative estimate of drug-likeness (QED) is 0.427. The summed E-state index contributed by atoms with van der Waals surface area (Å²) in [7, 11) is -3.06. The normalized spacial score (nSPS) is 13.6. The molecule has 0 saturated heterocycles. The molecule has 0 amide bonds. The average Bonchev–Trinajstić information content (AvgIpc) is 2.95. The molecule has 6 heteroatoms. The standard InChI is InChI=1S/C19H27BClNSi2.C4H9.Li/c1-23(2,3)22(24(4,5)6)20(21)19-17-13-9-7-11-15(17)16-12-8-10-14-18(16)19;1-3-4-2;/h7-14,19H,1-6H3;1,3-4H2,2H3;. The molecule has 1 aliphatic carbocycles. The van der Waals surface area contributed by atoms with Crippen LogP contribution in [0.15, 0.2) is 48.5 Å². The van der Waals surface area contributed by atoms with Crippen molar-refractivity contribution in [1.29, 1.82) is 0 Å². The van der Waals surface area contributed by atoms with Gasteiger partial charge >= 0.3 is 48.8 Å². The van der Waals surface area contributed by atoms with Crippen LogP contribution in [0.2, 0.25) is 44.4 Å². The molecule has 0 unspecified atom stereocenters. The van der Waals surface area contributed by atoms with Crippen molar-refractivity contribution in [2.45, 2.75) is 70.0 Å². The van der Waals surface area contributed by atoms with Gasteiger partial charge in [0.15, 0.2) is 0 Å². The van der Waals surface area contributed by atoms with E-state index in [0.29, 0.717) is 0 Å². The minimum atomic E-state index is -1.53. The maximum absolute atomic E-state index is 7.27. The molecule has 0 aromatic heterocycles. The van der Waals surface area contributed by atoms with Gasteiger partial charge < -0.3 is 4.14 Å². The predicted octanol–water partition coefficient (Wildman–Crippen LogP) is 7.41. The molecule has 2 aromatic carbocycles. The van der Waals surface area contributed by atoms with Crippen molar-refractivity contribution >= 4 is 51.9 Å². The SMILES string of the molecule is C[Si](C)(C)N(B(Cl)C1c2ccccc2-c2ccccc21)[Si](C)(C)C.[Li][CH2]CCC. The zero-order valence-electron chi connectivity index (χ0n) is 19.7. The van der Waals surface area contributed by atoms with Gasteiger partial charge in [0, 0.05) is 5.82 Å². The van der Waals surface area contributed by atoms with Crippen molar-refractivity contribution in [1.82, 2.24) is 4.14 Å². The van der Waals surface area contributed by atoms with Gasteiger partial charge in [0.1, 0.15) is 16.5 Å². The van der Waals surface area contributed by atoms with Crippen LogP contribution in [0.25, 0.3) is 11.1 Å². The second-order valence-electron chi connectivity index (χ2n) is 10.1. The zero-order chi connectivity index (χ0) is 21.8. The Morgan fingerprint density at radius 2 is 1.28 bits per heavy atom. The van der Waals surface area contributed by atoms with Crippen molar-refractivity contribution in [2.24, 2.45) is 0 Å². The molecule has 0 atom stereocenters. The Kier molecular flexibility index (Phi) is 8.98. The Bertz CT molecular complexity index is 742. The van der Waals surface area contributed by atoms with Gasteiger partial charge in [0.2, 0.25) is 0 Å². The van der Waals surface area contributed by atoms with E-state index in [9.17, 15) is 0 Å². The molecule has 0 aliphatic heterocycles. The van der Waals surface area contributed by atoms with Crippen molar-refractivity contribution < 1.29 is 0 Å². The van der Waals surface area contributed by atoms with E-state index in [4.69, 9.17) is 11.5 Å². The molecule has 0 radical (unpaired) electrons. The first kappa shape index (κ1) is 25.1. The Labute approximate surface area is 196 Å². The fourth-order valence-corrected chi connectivity index (χ4v) is 16.6. The number of unbranched alkanes of at least 4 members (excludes halogenated alkanes) is 1. The number of rotatable bonds is 6. The van der Waals surface area contributed by atoms with Gasteiger partial charge in [-0.3, -0.25) is 0 Å². The molecule has 1 nitrogen and oxygen atoms in total. The molecule has 0 spiro atoms. The van der Waals surface area contributed by atoms with Crippen molar-refractivity contribution in [3.63, 3.8) is 0 Å². The molecule has 0 saturated carbocycles. The van der Waals surface area contributed by atoms with Gasteiger partial charge in [-0.25, -0.2) is 0 Å². The first-order valence-electron chi connectivity index (χ1n) is 11.2. The summed E-state index contributed by atoms with van der Waals surface area (Å²) in [5.41, 5.74) is 5.49. The summed E-state index contributed by atoms with van der Waals surface area (Å²) in [4.78, 5) is 0. The third kappa shape index (κ3) is 5.94. The van der Waals surface area contributed by atoms with Gasteiger partial charge in [0.05, 0.1) is 0 Å². The van der Waals surface area contributed by atoms with Gasteiger partial charge in [-0.15, -0.1) is 0 Å². The van der Waals surface area contributed by atoms with Crippen LogP contribution in [0.5, 0.6) is 0 Å². The molecular formula is C23H36BClLiNSi2. The van der Waals surface area contributed by atoms with E-state index in [1.165, 1.54) is 40.2 Å². The number of hydrogen-bond acceptors (Lipinski definition) is 1. The molecule has 152 valence electrons. The van der Waals surface area contributed by atoms with E-state index in [-0.39, 0.29) is 12.1 Å². The van der Waals surface area contributed by atoms with Crippen molar-refractivity contribution in [2.75, 3.05) is 0 Å². The number of fused-ring (bicyclic) bond motifs is 3. The van der Waals surface area contributed by atoms with Gasteiger partial charge in [-0.2, -0.15) is 11.5 Å². The molecule has 0 fully saturated rings. The zero-order valence-corrected chi connectivity index (χ0v) is 22.5. The third-order valence-electron chi connectivity index (χ3n) is 5.56. The molecule has 1 aliphatic rings. The Hall–Kier alpha value is -0.214. The topological polar surface area (TPSA) is 3.24 Å². The second-order valence-corrected chi connectivity index (χ2v) is 20.6. The molecule has 29 heavy (non-hydrogen) atoms. The number of nitrogens with zero attached hydrogens (tertiary/aromatic N) is 1. The van der Waals surface area contributed by atoms with Crippen LogP contribution < -0.4 is 0 Å². The van der Waals surface area contributed by atoms with Crippen LogP contribution in [0, 0.1) is 0 Å². The first-order valence-corrected chi connectivity index (χ1v) is 18.5. The summed E-state index contributed by atoms with van der Waals surface area (Å²) < 4.78 is 2.73.